The van der Waals surface area contributed by atoms with Crippen molar-refractivity contribution < 1.29 is 17.9 Å². The van der Waals surface area contributed by atoms with E-state index in [2.05, 4.69) is 5.32 Å². The second kappa shape index (κ2) is 9.11. The van der Waals surface area contributed by atoms with Crippen LogP contribution >= 0.6 is 0 Å². The van der Waals surface area contributed by atoms with Crippen molar-refractivity contribution in [3.63, 3.8) is 0 Å². The number of amides is 1. The maximum absolute atomic E-state index is 12.5. The zero-order valence-electron chi connectivity index (χ0n) is 17.1. The van der Waals surface area contributed by atoms with E-state index in [0.29, 0.717) is 5.69 Å². The molecule has 6 nitrogen and oxygen atoms in total. The van der Waals surface area contributed by atoms with Crippen molar-refractivity contribution in [2.24, 2.45) is 0 Å². The summed E-state index contributed by atoms with van der Waals surface area (Å²) in [6.07, 6.45) is 0.177. The van der Waals surface area contributed by atoms with Crippen LogP contribution in [0.5, 0.6) is 5.75 Å². The summed E-state index contributed by atoms with van der Waals surface area (Å²) in [5, 5.41) is 2.76. The lowest BCUT2D eigenvalue weighted by atomic mass is 10.0. The Hall–Kier alpha value is -3.16. The average molecular weight is 425 g/mol. The highest BCUT2D eigenvalue weighted by molar-refractivity contribution is 7.89. The maximum atomic E-state index is 12.5. The Balaban J connectivity index is 1.73. The van der Waals surface area contributed by atoms with Gasteiger partial charge in [-0.2, -0.15) is 0 Å². The number of hydrogen-bond acceptors (Lipinski definition) is 4. The smallest absolute Gasteiger partial charge is 0.246 e. The minimum absolute atomic E-state index is 0.0000130. The molecule has 0 atom stereocenters. The molecule has 30 heavy (non-hydrogen) atoms. The third kappa shape index (κ3) is 4.87. The fraction of sp³-hybridized carbons (Fsp3) is 0.174. The van der Waals surface area contributed by atoms with Crippen molar-refractivity contribution in [3.05, 3.63) is 78.4 Å². The van der Waals surface area contributed by atoms with E-state index in [4.69, 9.17) is 4.74 Å². The van der Waals surface area contributed by atoms with Crippen LogP contribution in [0.3, 0.4) is 0 Å². The topological polar surface area (TPSA) is 75.7 Å². The molecule has 0 saturated heterocycles. The average Bonchev–Trinajstić information content (AvgIpc) is 2.74. The van der Waals surface area contributed by atoms with E-state index < -0.39 is 10.0 Å². The minimum atomic E-state index is -3.71. The number of rotatable bonds is 7. The van der Waals surface area contributed by atoms with Crippen LogP contribution in [0.2, 0.25) is 0 Å². The molecule has 3 aromatic rings. The first kappa shape index (κ1) is 21.5. The third-order valence-electron chi connectivity index (χ3n) is 4.63. The van der Waals surface area contributed by atoms with Crippen LogP contribution in [0.4, 0.5) is 5.69 Å². The fourth-order valence-electron chi connectivity index (χ4n) is 2.99. The Morgan fingerprint density at radius 3 is 2.17 bits per heavy atom. The molecule has 0 heterocycles. The summed E-state index contributed by atoms with van der Waals surface area (Å²) < 4.78 is 31.3. The summed E-state index contributed by atoms with van der Waals surface area (Å²) in [6, 6.07) is 22.3. The number of nitrogens with one attached hydrogen (secondary N) is 1. The SMILES string of the molecule is COc1ccc(NC(=O)Cc2ccc(-c3ccccc3)cc2)cc1S(=O)(=O)N(C)C. The van der Waals surface area contributed by atoms with Crippen LogP contribution in [0.25, 0.3) is 11.1 Å². The predicted molar refractivity (Wildman–Crippen MR) is 118 cm³/mol. The second-order valence-electron chi connectivity index (χ2n) is 6.94. The minimum Gasteiger partial charge on any atom is -0.495 e. The zero-order valence-corrected chi connectivity index (χ0v) is 17.9. The molecule has 0 saturated carbocycles. The number of sulfonamides is 1. The normalized spacial score (nSPS) is 11.3. The Kier molecular flexibility index (Phi) is 6.54. The van der Waals surface area contributed by atoms with Crippen LogP contribution in [-0.4, -0.2) is 39.8 Å². The Morgan fingerprint density at radius 1 is 0.933 bits per heavy atom. The summed E-state index contributed by atoms with van der Waals surface area (Å²) in [6.45, 7) is 0. The highest BCUT2D eigenvalue weighted by Crippen LogP contribution is 2.29. The number of ether oxygens (including phenoxy) is 1. The van der Waals surface area contributed by atoms with Gasteiger partial charge in [0, 0.05) is 19.8 Å². The van der Waals surface area contributed by atoms with Gasteiger partial charge in [0.2, 0.25) is 15.9 Å². The van der Waals surface area contributed by atoms with E-state index in [1.807, 2.05) is 54.6 Å². The van der Waals surface area contributed by atoms with Crippen LogP contribution < -0.4 is 10.1 Å². The van der Waals surface area contributed by atoms with Gasteiger partial charge in [0.1, 0.15) is 10.6 Å². The molecule has 156 valence electrons. The van der Waals surface area contributed by atoms with Gasteiger partial charge in [-0.15, -0.1) is 0 Å². The molecule has 0 bridgehead atoms. The lowest BCUT2D eigenvalue weighted by Crippen LogP contribution is -2.23. The van der Waals surface area contributed by atoms with Gasteiger partial charge in [0.25, 0.3) is 0 Å². The van der Waals surface area contributed by atoms with Crippen LogP contribution in [-0.2, 0) is 21.2 Å². The van der Waals surface area contributed by atoms with Crippen molar-refractivity contribution in [2.75, 3.05) is 26.5 Å². The van der Waals surface area contributed by atoms with E-state index in [-0.39, 0.29) is 23.0 Å². The second-order valence-corrected chi connectivity index (χ2v) is 9.06. The van der Waals surface area contributed by atoms with Gasteiger partial charge >= 0.3 is 0 Å². The zero-order chi connectivity index (χ0) is 21.7. The van der Waals surface area contributed by atoms with Gasteiger partial charge in [-0.1, -0.05) is 54.6 Å². The van der Waals surface area contributed by atoms with E-state index in [1.54, 1.807) is 6.07 Å². The summed E-state index contributed by atoms with van der Waals surface area (Å²) in [5.74, 6) is -0.0148. The van der Waals surface area contributed by atoms with Crippen molar-refractivity contribution in [1.29, 1.82) is 0 Å². The summed E-state index contributed by atoms with van der Waals surface area (Å²) >= 11 is 0. The lowest BCUT2D eigenvalue weighted by Gasteiger charge is -2.16. The van der Waals surface area contributed by atoms with Crippen molar-refractivity contribution >= 4 is 21.6 Å². The molecule has 0 fully saturated rings. The standard InChI is InChI=1S/C23H24N2O4S/c1-25(2)30(27,28)22-16-20(13-14-21(22)29-3)24-23(26)15-17-9-11-19(12-10-17)18-7-5-4-6-8-18/h4-14,16H,15H2,1-3H3,(H,24,26). The van der Waals surface area contributed by atoms with Gasteiger partial charge in [-0.3, -0.25) is 4.79 Å². The molecule has 0 unspecified atom stereocenters. The van der Waals surface area contributed by atoms with E-state index in [1.165, 1.54) is 33.3 Å². The number of anilines is 1. The number of carbonyl (C=O) groups excluding carboxylic acids is 1. The first-order valence-corrected chi connectivity index (χ1v) is 10.8. The largest absolute Gasteiger partial charge is 0.495 e. The van der Waals surface area contributed by atoms with E-state index in [0.717, 1.165) is 21.0 Å². The Bertz CT molecular complexity index is 1130. The quantitative estimate of drug-likeness (QED) is 0.626. The van der Waals surface area contributed by atoms with Crippen molar-refractivity contribution in [2.45, 2.75) is 11.3 Å². The molecule has 0 spiro atoms. The molecule has 0 radical (unpaired) electrons. The molecule has 1 amide bonds. The van der Waals surface area contributed by atoms with Crippen LogP contribution in [0, 0.1) is 0 Å². The number of benzene rings is 3. The molecular weight excluding hydrogens is 400 g/mol. The van der Waals surface area contributed by atoms with Gasteiger partial charge in [-0.05, 0) is 34.9 Å². The van der Waals surface area contributed by atoms with E-state index in [9.17, 15) is 13.2 Å². The number of carbonyl (C=O) groups is 1. The monoisotopic (exact) mass is 424 g/mol. The molecule has 0 aliphatic carbocycles. The van der Waals surface area contributed by atoms with Gasteiger partial charge in [0.15, 0.2) is 0 Å². The van der Waals surface area contributed by atoms with E-state index >= 15 is 0 Å². The summed E-state index contributed by atoms with van der Waals surface area (Å²) in [7, 11) is 0.580. The predicted octanol–water partition coefficient (Wildman–Crippen LogP) is 3.79. The highest BCUT2D eigenvalue weighted by atomic mass is 32.2. The number of nitrogens with zero attached hydrogens (tertiary/aromatic N) is 1. The van der Waals surface area contributed by atoms with Gasteiger partial charge in [0.05, 0.1) is 13.5 Å². The molecule has 3 aromatic carbocycles. The number of methoxy groups -OCH3 is 1. The van der Waals surface area contributed by atoms with Gasteiger partial charge in [-0.25, -0.2) is 12.7 Å². The first-order chi connectivity index (χ1) is 14.3. The molecule has 0 aliphatic rings. The number of hydrogen-bond donors (Lipinski definition) is 1. The molecule has 0 aliphatic heterocycles. The Morgan fingerprint density at radius 2 is 1.57 bits per heavy atom. The van der Waals surface area contributed by atoms with Crippen molar-refractivity contribution in [3.8, 4) is 16.9 Å². The van der Waals surface area contributed by atoms with Crippen LogP contribution in [0.15, 0.2) is 77.7 Å². The lowest BCUT2D eigenvalue weighted by molar-refractivity contribution is -0.115. The summed E-state index contributed by atoms with van der Waals surface area (Å²) in [4.78, 5) is 12.5. The Labute approximate surface area is 177 Å². The molecule has 7 heteroatoms. The third-order valence-corrected chi connectivity index (χ3v) is 6.47. The molecule has 0 aromatic heterocycles. The van der Waals surface area contributed by atoms with Crippen LogP contribution in [0.1, 0.15) is 5.56 Å². The highest BCUT2D eigenvalue weighted by Gasteiger charge is 2.23. The summed E-state index contributed by atoms with van der Waals surface area (Å²) in [5.41, 5.74) is 3.44. The van der Waals surface area contributed by atoms with Crippen molar-refractivity contribution in [1.82, 2.24) is 4.31 Å². The molecule has 3 rings (SSSR count). The van der Waals surface area contributed by atoms with Gasteiger partial charge < -0.3 is 10.1 Å². The molecular formula is C23H24N2O4S. The molecule has 1 N–H and O–H groups in total. The first-order valence-electron chi connectivity index (χ1n) is 9.36. The maximum Gasteiger partial charge on any atom is 0.246 e. The fourth-order valence-corrected chi connectivity index (χ4v) is 4.06.